The third-order valence-electron chi connectivity index (χ3n) is 4.82. The number of thiazole rings is 1. The lowest BCUT2D eigenvalue weighted by molar-refractivity contribution is 0.102. The molecule has 0 aliphatic heterocycles. The highest BCUT2D eigenvalue weighted by Gasteiger charge is 2.18. The Hall–Kier alpha value is -3.84. The average Bonchev–Trinajstić information content (AvgIpc) is 3.38. The smallest absolute Gasteiger partial charge is 0.259 e. The number of nitrogens with zero attached hydrogens (tertiary/aromatic N) is 4. The molecule has 0 aliphatic carbocycles. The summed E-state index contributed by atoms with van der Waals surface area (Å²) in [5.74, 6) is 0.451. The molecule has 3 heterocycles. The van der Waals surface area contributed by atoms with Crippen LogP contribution in [0.2, 0.25) is 0 Å². The first-order chi connectivity index (χ1) is 14.7. The molecule has 30 heavy (non-hydrogen) atoms. The summed E-state index contributed by atoms with van der Waals surface area (Å²) in [6.07, 6.45) is 3.27. The Morgan fingerprint density at radius 2 is 1.80 bits per heavy atom. The second kappa shape index (κ2) is 7.53. The molecular weight excluding hydrogens is 394 g/mol. The Kier molecular flexibility index (Phi) is 4.57. The number of fused-ring (bicyclic) bond motifs is 1. The predicted molar refractivity (Wildman–Crippen MR) is 119 cm³/mol. The molecule has 0 atom stereocenters. The number of hydrogen-bond donors (Lipinski definition) is 1. The van der Waals surface area contributed by atoms with Crippen LogP contribution in [-0.2, 0) is 0 Å². The number of benzene rings is 2. The fraction of sp³-hybridized carbons (Fsp3) is 0.0435. The topological polar surface area (TPSA) is 72.7 Å². The summed E-state index contributed by atoms with van der Waals surface area (Å²) < 4.78 is 2.77. The average molecular weight is 411 g/mol. The number of hydrogen-bond acceptors (Lipinski definition) is 5. The lowest BCUT2D eigenvalue weighted by atomic mass is 10.1. The van der Waals surface area contributed by atoms with E-state index in [1.165, 1.54) is 0 Å². The fourth-order valence-electron chi connectivity index (χ4n) is 3.30. The number of pyridine rings is 1. The summed E-state index contributed by atoms with van der Waals surface area (Å²) >= 11 is 1.60. The minimum absolute atomic E-state index is 0.219. The molecule has 7 heteroatoms. The Labute approximate surface area is 176 Å². The van der Waals surface area contributed by atoms with Crippen LogP contribution in [0.3, 0.4) is 0 Å². The van der Waals surface area contributed by atoms with Gasteiger partial charge < -0.3 is 5.32 Å². The molecule has 5 rings (SSSR count). The van der Waals surface area contributed by atoms with Gasteiger partial charge in [-0.1, -0.05) is 30.3 Å². The number of aromatic nitrogens is 4. The van der Waals surface area contributed by atoms with Crippen molar-refractivity contribution < 1.29 is 4.79 Å². The van der Waals surface area contributed by atoms with Crippen molar-refractivity contribution in [3.8, 4) is 16.4 Å². The Morgan fingerprint density at radius 1 is 1.00 bits per heavy atom. The second-order valence-electron chi connectivity index (χ2n) is 6.73. The molecule has 0 fully saturated rings. The Morgan fingerprint density at radius 3 is 2.63 bits per heavy atom. The van der Waals surface area contributed by atoms with Crippen molar-refractivity contribution in [3.05, 3.63) is 90.4 Å². The van der Waals surface area contributed by atoms with Crippen LogP contribution in [0.15, 0.2) is 79.1 Å². The van der Waals surface area contributed by atoms with Crippen LogP contribution in [-0.4, -0.2) is 25.7 Å². The molecule has 3 aromatic heterocycles. The molecule has 0 spiro atoms. The number of rotatable bonds is 4. The number of carbonyl (C=O) groups excluding carboxylic acids is 1. The molecule has 146 valence electrons. The van der Waals surface area contributed by atoms with Gasteiger partial charge in [0.15, 0.2) is 5.82 Å². The third-order valence-corrected chi connectivity index (χ3v) is 5.89. The van der Waals surface area contributed by atoms with E-state index in [1.54, 1.807) is 28.4 Å². The summed E-state index contributed by atoms with van der Waals surface area (Å²) in [7, 11) is 0. The molecule has 1 amide bonds. The van der Waals surface area contributed by atoms with E-state index >= 15 is 0 Å². The van der Waals surface area contributed by atoms with Crippen molar-refractivity contribution in [2.24, 2.45) is 0 Å². The Balaban J connectivity index is 1.47. The zero-order valence-corrected chi connectivity index (χ0v) is 16.9. The first-order valence-corrected chi connectivity index (χ1v) is 10.2. The lowest BCUT2D eigenvalue weighted by Crippen LogP contribution is -2.14. The van der Waals surface area contributed by atoms with Gasteiger partial charge in [-0.15, -0.1) is 11.3 Å². The third kappa shape index (κ3) is 3.25. The molecule has 0 aliphatic rings. The summed E-state index contributed by atoms with van der Waals surface area (Å²) in [6, 6.07) is 21.3. The maximum atomic E-state index is 13.0. The summed E-state index contributed by atoms with van der Waals surface area (Å²) in [6.45, 7) is 1.86. The van der Waals surface area contributed by atoms with Gasteiger partial charge in [-0.05, 0) is 43.3 Å². The number of nitrogens with one attached hydrogen (secondary N) is 1. The van der Waals surface area contributed by atoms with Gasteiger partial charge in [0.25, 0.3) is 5.91 Å². The largest absolute Gasteiger partial charge is 0.321 e. The zero-order valence-electron chi connectivity index (χ0n) is 16.1. The molecular formula is C23H17N5OS. The number of anilines is 1. The van der Waals surface area contributed by atoms with Gasteiger partial charge >= 0.3 is 0 Å². The van der Waals surface area contributed by atoms with Crippen molar-refractivity contribution in [1.82, 2.24) is 19.7 Å². The van der Waals surface area contributed by atoms with Crippen molar-refractivity contribution in [3.63, 3.8) is 0 Å². The molecule has 0 radical (unpaired) electrons. The van der Waals surface area contributed by atoms with Crippen molar-refractivity contribution in [2.75, 3.05) is 5.32 Å². The Bertz CT molecular complexity index is 1320. The molecule has 0 unspecified atom stereocenters. The van der Waals surface area contributed by atoms with Gasteiger partial charge in [0, 0.05) is 11.8 Å². The summed E-state index contributed by atoms with van der Waals surface area (Å²) in [5.41, 5.74) is 3.78. The van der Waals surface area contributed by atoms with E-state index in [2.05, 4.69) is 15.4 Å². The molecule has 0 bridgehead atoms. The van der Waals surface area contributed by atoms with Crippen molar-refractivity contribution in [2.45, 2.75) is 6.92 Å². The first-order valence-electron chi connectivity index (χ1n) is 9.43. The molecule has 1 N–H and O–H groups in total. The van der Waals surface area contributed by atoms with Crippen LogP contribution in [0.25, 0.3) is 26.6 Å². The molecule has 0 saturated heterocycles. The second-order valence-corrected chi connectivity index (χ2v) is 7.76. The van der Waals surface area contributed by atoms with E-state index in [0.29, 0.717) is 17.1 Å². The molecule has 6 nitrogen and oxygen atoms in total. The van der Waals surface area contributed by atoms with E-state index in [0.717, 1.165) is 26.5 Å². The van der Waals surface area contributed by atoms with Crippen LogP contribution in [0, 0.1) is 6.92 Å². The minimum atomic E-state index is -0.219. The van der Waals surface area contributed by atoms with Crippen molar-refractivity contribution >= 4 is 33.1 Å². The summed E-state index contributed by atoms with van der Waals surface area (Å²) in [5, 5.41) is 8.24. The van der Waals surface area contributed by atoms with Gasteiger partial charge in [0.1, 0.15) is 5.01 Å². The maximum absolute atomic E-state index is 13.0. The van der Waals surface area contributed by atoms with Gasteiger partial charge in [-0.25, -0.2) is 14.6 Å². The lowest BCUT2D eigenvalue weighted by Gasteiger charge is -2.09. The fourth-order valence-corrected chi connectivity index (χ4v) is 4.30. The van der Waals surface area contributed by atoms with E-state index < -0.39 is 0 Å². The quantitative estimate of drug-likeness (QED) is 0.446. The van der Waals surface area contributed by atoms with Gasteiger partial charge in [0.05, 0.1) is 33.4 Å². The molecule has 0 saturated carbocycles. The standard InChI is InChI=1S/C23H17N5OS/c1-15-17(14-25-28(15)21-12-6-7-13-24-21)22(29)26-18-9-3-2-8-16(18)23-27-19-10-4-5-11-20(19)30-23/h2-14H,1H3,(H,26,29). The number of carbonyl (C=O) groups is 1. The monoisotopic (exact) mass is 411 g/mol. The summed E-state index contributed by atoms with van der Waals surface area (Å²) in [4.78, 5) is 22.1. The number of para-hydroxylation sites is 2. The van der Waals surface area contributed by atoms with Crippen LogP contribution < -0.4 is 5.32 Å². The highest BCUT2D eigenvalue weighted by atomic mass is 32.1. The van der Waals surface area contributed by atoms with Gasteiger partial charge in [-0.3, -0.25) is 4.79 Å². The van der Waals surface area contributed by atoms with E-state index in [4.69, 9.17) is 4.98 Å². The normalized spacial score (nSPS) is 11.0. The van der Waals surface area contributed by atoms with Gasteiger partial charge in [-0.2, -0.15) is 5.10 Å². The van der Waals surface area contributed by atoms with E-state index in [9.17, 15) is 4.79 Å². The number of amides is 1. The highest BCUT2D eigenvalue weighted by Crippen LogP contribution is 2.34. The van der Waals surface area contributed by atoms with Gasteiger partial charge in [0.2, 0.25) is 0 Å². The van der Waals surface area contributed by atoms with Crippen molar-refractivity contribution in [1.29, 1.82) is 0 Å². The van der Waals surface area contributed by atoms with Crippen LogP contribution in [0.5, 0.6) is 0 Å². The van der Waals surface area contributed by atoms with Crippen LogP contribution in [0.1, 0.15) is 16.1 Å². The van der Waals surface area contributed by atoms with Crippen LogP contribution in [0.4, 0.5) is 5.69 Å². The maximum Gasteiger partial charge on any atom is 0.259 e. The van der Waals surface area contributed by atoms with Crippen LogP contribution >= 0.6 is 11.3 Å². The minimum Gasteiger partial charge on any atom is -0.321 e. The first kappa shape index (κ1) is 18.2. The van der Waals surface area contributed by atoms with E-state index in [-0.39, 0.29) is 5.91 Å². The predicted octanol–water partition coefficient (Wildman–Crippen LogP) is 5.10. The van der Waals surface area contributed by atoms with E-state index in [1.807, 2.05) is 73.7 Å². The molecule has 2 aromatic carbocycles. The highest BCUT2D eigenvalue weighted by molar-refractivity contribution is 7.21. The molecule has 5 aromatic rings. The SMILES string of the molecule is Cc1c(C(=O)Nc2ccccc2-c2nc3ccccc3s2)cnn1-c1ccccn1. The zero-order chi connectivity index (χ0) is 20.5.